The average molecular weight is 219 g/mol. The molecule has 0 bridgehead atoms. The molecule has 3 rings (SSSR count). The number of aromatic nitrogens is 2. The summed E-state index contributed by atoms with van der Waals surface area (Å²) < 4.78 is 1.97. The summed E-state index contributed by atoms with van der Waals surface area (Å²) in [5, 5.41) is 12.2. The summed E-state index contributed by atoms with van der Waals surface area (Å²) in [7, 11) is 2.01. The van der Waals surface area contributed by atoms with E-state index in [0.29, 0.717) is 5.92 Å². The second kappa shape index (κ2) is 3.47. The Hall–Kier alpha value is -1.13. The van der Waals surface area contributed by atoms with Gasteiger partial charge in [0.25, 0.3) is 0 Å². The van der Waals surface area contributed by atoms with Crippen molar-refractivity contribution in [2.45, 2.75) is 12.5 Å². The van der Waals surface area contributed by atoms with Crippen LogP contribution in [0.2, 0.25) is 0 Å². The van der Waals surface area contributed by atoms with Gasteiger partial charge in [-0.1, -0.05) is 0 Å². The van der Waals surface area contributed by atoms with Gasteiger partial charge in [-0.2, -0.15) is 16.4 Å². The molecule has 0 saturated heterocycles. The minimum Gasteiger partial charge on any atom is -0.310 e. The van der Waals surface area contributed by atoms with E-state index in [9.17, 15) is 0 Å². The molecule has 0 aliphatic carbocycles. The van der Waals surface area contributed by atoms with Crippen LogP contribution < -0.4 is 5.32 Å². The molecule has 0 aromatic carbocycles. The van der Waals surface area contributed by atoms with Gasteiger partial charge in [0.1, 0.15) is 0 Å². The maximum atomic E-state index is 4.34. The highest BCUT2D eigenvalue weighted by molar-refractivity contribution is 7.08. The monoisotopic (exact) mass is 219 g/mol. The van der Waals surface area contributed by atoms with Gasteiger partial charge in [0.05, 0.1) is 11.9 Å². The first-order valence-corrected chi connectivity index (χ1v) is 6.04. The molecule has 15 heavy (non-hydrogen) atoms. The first-order valence-electron chi connectivity index (χ1n) is 5.10. The van der Waals surface area contributed by atoms with Gasteiger partial charge in [-0.3, -0.25) is 4.68 Å². The summed E-state index contributed by atoms with van der Waals surface area (Å²) in [5.41, 5.74) is 4.11. The Balaban J connectivity index is 2.07. The molecule has 0 amide bonds. The Labute approximate surface area is 92.7 Å². The number of nitrogens with one attached hydrogen (secondary N) is 1. The Morgan fingerprint density at radius 2 is 2.53 bits per heavy atom. The smallest absolute Gasteiger partial charge is 0.0557 e. The number of thiophene rings is 1. The lowest BCUT2D eigenvalue weighted by atomic mass is 9.91. The minimum atomic E-state index is 0.480. The summed E-state index contributed by atoms with van der Waals surface area (Å²) in [5.74, 6) is 0.480. The highest BCUT2D eigenvalue weighted by atomic mass is 32.1. The standard InChI is InChI=1S/C11H13N3S/c1-14-11-6-12-4-9(10(11)5-13-14)8-2-3-15-7-8/h2-3,5,7,9,12H,4,6H2,1H3. The minimum absolute atomic E-state index is 0.480. The van der Waals surface area contributed by atoms with Gasteiger partial charge in [-0.15, -0.1) is 0 Å². The fourth-order valence-electron chi connectivity index (χ4n) is 2.20. The van der Waals surface area contributed by atoms with Gasteiger partial charge in [0.15, 0.2) is 0 Å². The third kappa shape index (κ3) is 1.41. The fraction of sp³-hybridized carbons (Fsp3) is 0.364. The molecule has 2 aromatic heterocycles. The molecule has 1 aliphatic heterocycles. The maximum Gasteiger partial charge on any atom is 0.0557 e. The molecular formula is C11H13N3S. The molecule has 2 aromatic rings. The predicted octanol–water partition coefficient (Wildman–Crippen LogP) is 1.72. The zero-order valence-corrected chi connectivity index (χ0v) is 9.42. The van der Waals surface area contributed by atoms with Gasteiger partial charge in [-0.05, 0) is 22.4 Å². The number of nitrogens with zero attached hydrogens (tertiary/aromatic N) is 2. The second-order valence-corrected chi connectivity index (χ2v) is 4.69. The van der Waals surface area contributed by atoms with E-state index in [2.05, 4.69) is 27.2 Å². The Bertz CT molecular complexity index is 458. The van der Waals surface area contributed by atoms with Gasteiger partial charge in [0, 0.05) is 31.6 Å². The van der Waals surface area contributed by atoms with Crippen LogP contribution in [-0.4, -0.2) is 16.3 Å². The second-order valence-electron chi connectivity index (χ2n) is 3.91. The number of fused-ring (bicyclic) bond motifs is 1. The van der Waals surface area contributed by atoms with Crippen molar-refractivity contribution in [3.05, 3.63) is 39.8 Å². The summed E-state index contributed by atoms with van der Waals surface area (Å²) in [6, 6.07) is 2.21. The number of rotatable bonds is 1. The molecule has 4 heteroatoms. The molecule has 1 N–H and O–H groups in total. The predicted molar refractivity (Wildman–Crippen MR) is 61.1 cm³/mol. The van der Waals surface area contributed by atoms with Crippen LogP contribution in [0.15, 0.2) is 23.0 Å². The van der Waals surface area contributed by atoms with Crippen molar-refractivity contribution < 1.29 is 0 Å². The zero-order chi connectivity index (χ0) is 10.3. The van der Waals surface area contributed by atoms with Crippen molar-refractivity contribution in [1.29, 1.82) is 0 Å². The molecule has 0 fully saturated rings. The molecule has 0 radical (unpaired) electrons. The average Bonchev–Trinajstić information content (AvgIpc) is 2.88. The van der Waals surface area contributed by atoms with Gasteiger partial charge < -0.3 is 5.32 Å². The number of aryl methyl sites for hydroxylation is 1. The molecule has 1 unspecified atom stereocenters. The van der Waals surface area contributed by atoms with E-state index in [-0.39, 0.29) is 0 Å². The molecule has 1 aliphatic rings. The highest BCUT2D eigenvalue weighted by Crippen LogP contribution is 2.30. The van der Waals surface area contributed by atoms with E-state index in [1.807, 2.05) is 17.9 Å². The first kappa shape index (κ1) is 9.12. The summed E-state index contributed by atoms with van der Waals surface area (Å²) in [6.07, 6.45) is 2.01. The van der Waals surface area contributed by atoms with Crippen molar-refractivity contribution in [2.75, 3.05) is 6.54 Å². The molecule has 3 heterocycles. The van der Waals surface area contributed by atoms with Crippen LogP contribution in [0.25, 0.3) is 0 Å². The van der Waals surface area contributed by atoms with Crippen LogP contribution in [0, 0.1) is 0 Å². The largest absolute Gasteiger partial charge is 0.310 e. The van der Waals surface area contributed by atoms with Crippen LogP contribution in [0.3, 0.4) is 0 Å². The van der Waals surface area contributed by atoms with Crippen LogP contribution in [0.1, 0.15) is 22.7 Å². The third-order valence-corrected chi connectivity index (χ3v) is 3.76. The van der Waals surface area contributed by atoms with Crippen molar-refractivity contribution in [3.63, 3.8) is 0 Å². The summed E-state index contributed by atoms with van der Waals surface area (Å²) >= 11 is 1.76. The maximum absolute atomic E-state index is 4.34. The lowest BCUT2D eigenvalue weighted by Gasteiger charge is -2.23. The van der Waals surface area contributed by atoms with Crippen molar-refractivity contribution in [2.24, 2.45) is 7.05 Å². The Morgan fingerprint density at radius 1 is 1.60 bits per heavy atom. The zero-order valence-electron chi connectivity index (χ0n) is 8.60. The van der Waals surface area contributed by atoms with Gasteiger partial charge >= 0.3 is 0 Å². The van der Waals surface area contributed by atoms with E-state index in [1.165, 1.54) is 16.8 Å². The summed E-state index contributed by atoms with van der Waals surface area (Å²) in [6.45, 7) is 1.96. The Kier molecular flexibility index (Phi) is 2.11. The normalized spacial score (nSPS) is 20.2. The van der Waals surface area contributed by atoms with E-state index in [4.69, 9.17) is 0 Å². The third-order valence-electron chi connectivity index (χ3n) is 3.06. The SMILES string of the molecule is Cn1ncc2c1CNCC2c1ccsc1. The van der Waals surface area contributed by atoms with Crippen LogP contribution in [0.5, 0.6) is 0 Å². The van der Waals surface area contributed by atoms with Crippen LogP contribution in [0.4, 0.5) is 0 Å². The van der Waals surface area contributed by atoms with Crippen LogP contribution in [-0.2, 0) is 13.6 Å². The summed E-state index contributed by atoms with van der Waals surface area (Å²) in [4.78, 5) is 0. The lowest BCUT2D eigenvalue weighted by molar-refractivity contribution is 0.558. The number of hydrogen-bond donors (Lipinski definition) is 1. The van der Waals surface area contributed by atoms with E-state index in [0.717, 1.165) is 13.1 Å². The van der Waals surface area contributed by atoms with E-state index in [1.54, 1.807) is 11.3 Å². The molecule has 3 nitrogen and oxygen atoms in total. The van der Waals surface area contributed by atoms with Crippen molar-refractivity contribution in [3.8, 4) is 0 Å². The lowest BCUT2D eigenvalue weighted by Crippen LogP contribution is -2.29. The van der Waals surface area contributed by atoms with Crippen molar-refractivity contribution in [1.82, 2.24) is 15.1 Å². The first-order chi connectivity index (χ1) is 7.36. The molecule has 1 atom stereocenters. The molecule has 78 valence electrons. The van der Waals surface area contributed by atoms with E-state index < -0.39 is 0 Å². The molecule has 0 saturated carbocycles. The Morgan fingerprint density at radius 3 is 3.33 bits per heavy atom. The van der Waals surface area contributed by atoms with Crippen molar-refractivity contribution >= 4 is 11.3 Å². The van der Waals surface area contributed by atoms with E-state index >= 15 is 0 Å². The topological polar surface area (TPSA) is 29.9 Å². The van der Waals surface area contributed by atoms with Gasteiger partial charge in [0.2, 0.25) is 0 Å². The molecule has 0 spiro atoms. The molecular weight excluding hydrogens is 206 g/mol. The van der Waals surface area contributed by atoms with Crippen LogP contribution >= 0.6 is 11.3 Å². The highest BCUT2D eigenvalue weighted by Gasteiger charge is 2.24. The van der Waals surface area contributed by atoms with Gasteiger partial charge in [-0.25, -0.2) is 0 Å². The fourth-order valence-corrected chi connectivity index (χ4v) is 2.92. The number of hydrogen-bond acceptors (Lipinski definition) is 3. The quantitative estimate of drug-likeness (QED) is 0.791.